The first-order chi connectivity index (χ1) is 14.4. The van der Waals surface area contributed by atoms with E-state index in [2.05, 4.69) is 41.8 Å². The average Bonchev–Trinajstić information content (AvgIpc) is 3.16. The fourth-order valence-electron chi connectivity index (χ4n) is 4.11. The second kappa shape index (κ2) is 10.3. The lowest BCUT2D eigenvalue weighted by molar-refractivity contribution is 0.0526. The Morgan fingerprint density at radius 3 is 2.67 bits per heavy atom. The molecule has 160 valence electrons. The molecule has 0 aliphatic heterocycles. The summed E-state index contributed by atoms with van der Waals surface area (Å²) in [4.78, 5) is 12.1. The topological polar surface area (TPSA) is 50.4 Å². The number of nitrogens with one attached hydrogen (secondary N) is 2. The Morgan fingerprint density at radius 1 is 1.20 bits per heavy atom. The summed E-state index contributed by atoms with van der Waals surface area (Å²) in [5.74, 6) is -0.435. The average molecular weight is 445 g/mol. The zero-order chi connectivity index (χ0) is 21.6. The van der Waals surface area contributed by atoms with E-state index in [1.807, 2.05) is 6.07 Å². The van der Waals surface area contributed by atoms with Gasteiger partial charge in [-0.1, -0.05) is 54.3 Å². The van der Waals surface area contributed by atoms with Gasteiger partial charge in [0.05, 0.1) is 17.2 Å². The third-order valence-corrected chi connectivity index (χ3v) is 6.17. The fourth-order valence-corrected chi connectivity index (χ4v) is 4.64. The molecule has 1 aliphatic carbocycles. The summed E-state index contributed by atoms with van der Waals surface area (Å²) in [6, 6.07) is 13.9. The molecule has 2 aromatic rings. The number of thiocarbonyl (C=S) groups is 1. The van der Waals surface area contributed by atoms with Crippen LogP contribution in [0, 0.1) is 6.92 Å². The normalized spacial score (nSPS) is 14.9. The Kier molecular flexibility index (Phi) is 7.73. The Balaban J connectivity index is 1.65. The van der Waals surface area contributed by atoms with Crippen molar-refractivity contribution in [3.8, 4) is 0 Å². The van der Waals surface area contributed by atoms with Crippen molar-refractivity contribution in [1.82, 2.24) is 5.32 Å². The number of carbonyl (C=O) groups is 1. The minimum Gasteiger partial charge on any atom is -0.462 e. The maximum Gasteiger partial charge on any atom is 0.339 e. The summed E-state index contributed by atoms with van der Waals surface area (Å²) in [5.41, 5.74) is 3.70. The number of rotatable bonds is 7. The molecule has 0 bridgehead atoms. The minimum atomic E-state index is -0.435. The van der Waals surface area contributed by atoms with E-state index in [4.69, 9.17) is 28.6 Å². The minimum absolute atomic E-state index is 0.00419. The standard InChI is InChI=1S/C24H29ClN2O2S/c1-3-29-22(28)20-16-19(9-10-21(20)25)26-23(30)27-24(12-4-5-13-24)14-11-18-8-6-7-17(2)15-18/h6-10,15-16H,3-5,11-14H2,1-2H3,(H2,26,27,30). The number of carbonyl (C=O) groups excluding carboxylic acids is 1. The van der Waals surface area contributed by atoms with Gasteiger partial charge in [0.25, 0.3) is 0 Å². The van der Waals surface area contributed by atoms with Crippen LogP contribution in [0.25, 0.3) is 0 Å². The van der Waals surface area contributed by atoms with Crippen LogP contribution in [0.5, 0.6) is 0 Å². The molecular weight excluding hydrogens is 416 g/mol. The van der Waals surface area contributed by atoms with Gasteiger partial charge >= 0.3 is 5.97 Å². The Bertz CT molecular complexity index is 910. The van der Waals surface area contributed by atoms with Gasteiger partial charge in [-0.25, -0.2) is 4.79 Å². The van der Waals surface area contributed by atoms with E-state index in [0.717, 1.165) is 25.7 Å². The van der Waals surface area contributed by atoms with Crippen LogP contribution in [-0.2, 0) is 11.2 Å². The van der Waals surface area contributed by atoms with Gasteiger partial charge in [0.1, 0.15) is 0 Å². The molecule has 0 spiro atoms. The number of hydrogen-bond donors (Lipinski definition) is 2. The zero-order valence-electron chi connectivity index (χ0n) is 17.6. The third kappa shape index (κ3) is 5.96. The highest BCUT2D eigenvalue weighted by Crippen LogP contribution is 2.34. The van der Waals surface area contributed by atoms with Crippen LogP contribution in [0.1, 0.15) is 60.5 Å². The number of ether oxygens (including phenoxy) is 1. The molecule has 6 heteroatoms. The van der Waals surface area contributed by atoms with Gasteiger partial charge in [-0.3, -0.25) is 0 Å². The van der Waals surface area contributed by atoms with E-state index >= 15 is 0 Å². The number of halogens is 1. The predicted octanol–water partition coefficient (Wildman–Crippen LogP) is 6.06. The Morgan fingerprint density at radius 2 is 1.97 bits per heavy atom. The SMILES string of the molecule is CCOC(=O)c1cc(NC(=S)NC2(CCc3cccc(C)c3)CCCC2)ccc1Cl. The Hall–Kier alpha value is -2.11. The van der Waals surface area contributed by atoms with Crippen LogP contribution < -0.4 is 10.6 Å². The van der Waals surface area contributed by atoms with Crippen LogP contribution in [0.4, 0.5) is 5.69 Å². The molecule has 0 saturated heterocycles. The number of esters is 1. The summed E-state index contributed by atoms with van der Waals surface area (Å²) in [6.45, 7) is 4.20. The summed E-state index contributed by atoms with van der Waals surface area (Å²) in [6.07, 6.45) is 6.68. The van der Waals surface area contributed by atoms with Crippen molar-refractivity contribution in [3.63, 3.8) is 0 Å². The lowest BCUT2D eigenvalue weighted by atomic mass is 9.89. The molecule has 0 aromatic heterocycles. The van der Waals surface area contributed by atoms with E-state index in [-0.39, 0.29) is 5.54 Å². The van der Waals surface area contributed by atoms with Gasteiger partial charge in [0.2, 0.25) is 0 Å². The van der Waals surface area contributed by atoms with Crippen LogP contribution in [0.2, 0.25) is 5.02 Å². The molecule has 0 radical (unpaired) electrons. The van der Waals surface area contributed by atoms with Gasteiger partial charge < -0.3 is 15.4 Å². The van der Waals surface area contributed by atoms with Crippen molar-refractivity contribution >= 4 is 40.6 Å². The molecule has 1 fully saturated rings. The number of hydrogen-bond acceptors (Lipinski definition) is 3. The first kappa shape index (κ1) is 22.6. The highest BCUT2D eigenvalue weighted by molar-refractivity contribution is 7.80. The highest BCUT2D eigenvalue weighted by Gasteiger charge is 2.34. The van der Waals surface area contributed by atoms with Gasteiger partial charge in [-0.05, 0) is 75.5 Å². The van der Waals surface area contributed by atoms with Crippen molar-refractivity contribution in [3.05, 3.63) is 64.2 Å². The van der Waals surface area contributed by atoms with Crippen molar-refractivity contribution < 1.29 is 9.53 Å². The quantitative estimate of drug-likeness (QED) is 0.401. The van der Waals surface area contributed by atoms with Gasteiger partial charge in [0, 0.05) is 11.2 Å². The van der Waals surface area contributed by atoms with E-state index in [1.165, 1.54) is 24.0 Å². The second-order valence-corrected chi connectivity index (χ2v) is 8.79. The van der Waals surface area contributed by atoms with Crippen molar-refractivity contribution in [2.24, 2.45) is 0 Å². The largest absolute Gasteiger partial charge is 0.462 e. The summed E-state index contributed by atoms with van der Waals surface area (Å²) in [7, 11) is 0. The molecule has 2 aromatic carbocycles. The summed E-state index contributed by atoms with van der Waals surface area (Å²) >= 11 is 11.8. The molecular formula is C24H29ClN2O2S. The zero-order valence-corrected chi connectivity index (χ0v) is 19.2. The molecule has 30 heavy (non-hydrogen) atoms. The van der Waals surface area contributed by atoms with Crippen LogP contribution >= 0.6 is 23.8 Å². The molecule has 1 saturated carbocycles. The van der Waals surface area contributed by atoms with Gasteiger partial charge in [-0.2, -0.15) is 0 Å². The van der Waals surface area contributed by atoms with Gasteiger partial charge in [-0.15, -0.1) is 0 Å². The molecule has 3 rings (SSSR count). The lowest BCUT2D eigenvalue weighted by Gasteiger charge is -2.32. The number of anilines is 1. The van der Waals surface area contributed by atoms with E-state index in [1.54, 1.807) is 19.1 Å². The van der Waals surface area contributed by atoms with E-state index < -0.39 is 5.97 Å². The number of aryl methyl sites for hydroxylation is 2. The monoisotopic (exact) mass is 444 g/mol. The van der Waals surface area contributed by atoms with Crippen LogP contribution in [0.15, 0.2) is 42.5 Å². The fraction of sp³-hybridized carbons (Fsp3) is 0.417. The Labute approximate surface area is 189 Å². The van der Waals surface area contributed by atoms with Crippen LogP contribution in [-0.4, -0.2) is 23.2 Å². The molecule has 2 N–H and O–H groups in total. The molecule has 0 unspecified atom stereocenters. The number of benzene rings is 2. The first-order valence-corrected chi connectivity index (χ1v) is 11.3. The maximum absolute atomic E-state index is 12.1. The second-order valence-electron chi connectivity index (χ2n) is 7.97. The highest BCUT2D eigenvalue weighted by atomic mass is 35.5. The summed E-state index contributed by atoms with van der Waals surface area (Å²) < 4.78 is 5.08. The van der Waals surface area contributed by atoms with Crippen molar-refractivity contribution in [2.75, 3.05) is 11.9 Å². The smallest absolute Gasteiger partial charge is 0.339 e. The van der Waals surface area contributed by atoms with E-state index in [0.29, 0.717) is 28.0 Å². The molecule has 0 atom stereocenters. The molecule has 4 nitrogen and oxygen atoms in total. The first-order valence-electron chi connectivity index (χ1n) is 10.5. The van der Waals surface area contributed by atoms with Crippen molar-refractivity contribution in [2.45, 2.75) is 57.9 Å². The maximum atomic E-state index is 12.1. The van der Waals surface area contributed by atoms with E-state index in [9.17, 15) is 4.79 Å². The molecule has 0 heterocycles. The molecule has 1 aliphatic rings. The predicted molar refractivity (Wildman–Crippen MR) is 127 cm³/mol. The van der Waals surface area contributed by atoms with Gasteiger partial charge in [0.15, 0.2) is 5.11 Å². The lowest BCUT2D eigenvalue weighted by Crippen LogP contribution is -2.48. The molecule has 0 amide bonds. The summed E-state index contributed by atoms with van der Waals surface area (Å²) in [5, 5.41) is 7.74. The third-order valence-electron chi connectivity index (χ3n) is 5.63. The van der Waals surface area contributed by atoms with Crippen molar-refractivity contribution in [1.29, 1.82) is 0 Å². The van der Waals surface area contributed by atoms with Crippen LogP contribution in [0.3, 0.4) is 0 Å².